The fraction of sp³-hybridized carbons (Fsp3) is 0.200. The van der Waals surface area contributed by atoms with E-state index in [0.29, 0.717) is 0 Å². The molecular formula is C20H20N2OS. The number of fused-ring (bicyclic) bond motifs is 1. The zero-order valence-corrected chi connectivity index (χ0v) is 14.6. The Morgan fingerprint density at radius 3 is 2.46 bits per heavy atom. The fourth-order valence-electron chi connectivity index (χ4n) is 2.50. The van der Waals surface area contributed by atoms with E-state index < -0.39 is 0 Å². The summed E-state index contributed by atoms with van der Waals surface area (Å²) in [6.07, 6.45) is 0. The van der Waals surface area contributed by atoms with Gasteiger partial charge < -0.3 is 5.32 Å². The molecule has 1 amide bonds. The molecule has 2 aromatic carbocycles. The number of carbonyl (C=O) groups is 1. The van der Waals surface area contributed by atoms with E-state index in [9.17, 15) is 4.79 Å². The maximum Gasteiger partial charge on any atom is 0.233 e. The van der Waals surface area contributed by atoms with Gasteiger partial charge >= 0.3 is 0 Å². The Labute approximate surface area is 146 Å². The summed E-state index contributed by atoms with van der Waals surface area (Å²) in [7, 11) is 0. The van der Waals surface area contributed by atoms with Crippen LogP contribution in [0.1, 0.15) is 25.5 Å². The minimum Gasteiger partial charge on any atom is -0.349 e. The summed E-state index contributed by atoms with van der Waals surface area (Å²) in [6.45, 7) is 3.91. The Balaban J connectivity index is 1.64. The summed E-state index contributed by atoms with van der Waals surface area (Å²) >= 11 is 1.48. The molecule has 2 unspecified atom stereocenters. The topological polar surface area (TPSA) is 42.0 Å². The molecule has 1 N–H and O–H groups in total. The Hall–Kier alpha value is -2.33. The Morgan fingerprint density at radius 1 is 0.958 bits per heavy atom. The lowest BCUT2D eigenvalue weighted by Gasteiger charge is -2.17. The molecule has 0 fully saturated rings. The molecule has 3 aromatic rings. The Bertz CT molecular complexity index is 835. The van der Waals surface area contributed by atoms with E-state index in [1.165, 1.54) is 11.8 Å². The molecule has 2 atom stereocenters. The third-order valence-electron chi connectivity index (χ3n) is 3.90. The second-order valence-corrected chi connectivity index (χ2v) is 7.10. The van der Waals surface area contributed by atoms with Crippen molar-refractivity contribution in [2.45, 2.75) is 30.2 Å². The highest BCUT2D eigenvalue weighted by atomic mass is 32.2. The van der Waals surface area contributed by atoms with Crippen molar-refractivity contribution in [2.24, 2.45) is 0 Å². The summed E-state index contributed by atoms with van der Waals surface area (Å²) in [4.78, 5) is 17.1. The van der Waals surface area contributed by atoms with Crippen LogP contribution in [-0.4, -0.2) is 16.1 Å². The van der Waals surface area contributed by atoms with Crippen LogP contribution in [0.3, 0.4) is 0 Å². The smallest absolute Gasteiger partial charge is 0.233 e. The molecule has 3 rings (SSSR count). The van der Waals surface area contributed by atoms with Crippen molar-refractivity contribution in [3.8, 4) is 0 Å². The van der Waals surface area contributed by atoms with Crippen LogP contribution in [0.25, 0.3) is 10.9 Å². The van der Waals surface area contributed by atoms with E-state index in [1.54, 1.807) is 0 Å². The van der Waals surface area contributed by atoms with Gasteiger partial charge in [0.2, 0.25) is 5.91 Å². The fourth-order valence-corrected chi connectivity index (χ4v) is 3.34. The first-order valence-electron chi connectivity index (χ1n) is 8.01. The molecule has 0 radical (unpaired) electrons. The normalized spacial score (nSPS) is 13.4. The van der Waals surface area contributed by atoms with Crippen molar-refractivity contribution < 1.29 is 4.79 Å². The summed E-state index contributed by atoms with van der Waals surface area (Å²) in [5, 5.41) is 4.83. The lowest BCUT2D eigenvalue weighted by molar-refractivity contribution is -0.120. The number of nitrogens with zero attached hydrogens (tertiary/aromatic N) is 1. The van der Waals surface area contributed by atoms with Crippen LogP contribution >= 0.6 is 11.8 Å². The third-order valence-corrected chi connectivity index (χ3v) is 4.93. The van der Waals surface area contributed by atoms with Crippen LogP contribution in [0.15, 0.2) is 71.8 Å². The SMILES string of the molecule is CC(Sc1ccc2ccccc2n1)C(=O)NC(C)c1ccccc1. The van der Waals surface area contributed by atoms with Gasteiger partial charge in [-0.05, 0) is 31.5 Å². The van der Waals surface area contributed by atoms with Gasteiger partial charge in [0.05, 0.1) is 21.8 Å². The van der Waals surface area contributed by atoms with Gasteiger partial charge in [-0.1, -0.05) is 66.4 Å². The Kier molecular flexibility index (Phi) is 5.16. The second-order valence-electron chi connectivity index (χ2n) is 5.74. The number of benzene rings is 2. The van der Waals surface area contributed by atoms with Crippen molar-refractivity contribution in [3.63, 3.8) is 0 Å². The molecule has 1 aromatic heterocycles. The van der Waals surface area contributed by atoms with Gasteiger partial charge in [0.25, 0.3) is 0 Å². The number of amides is 1. The van der Waals surface area contributed by atoms with Crippen molar-refractivity contribution in [3.05, 3.63) is 72.3 Å². The number of para-hydroxylation sites is 1. The maximum absolute atomic E-state index is 12.4. The molecule has 0 spiro atoms. The first-order valence-corrected chi connectivity index (χ1v) is 8.89. The van der Waals surface area contributed by atoms with E-state index >= 15 is 0 Å². The minimum atomic E-state index is -0.204. The zero-order chi connectivity index (χ0) is 16.9. The van der Waals surface area contributed by atoms with E-state index in [4.69, 9.17) is 0 Å². The highest BCUT2D eigenvalue weighted by Crippen LogP contribution is 2.24. The summed E-state index contributed by atoms with van der Waals surface area (Å²) in [6, 6.07) is 22.0. The number of nitrogens with one attached hydrogen (secondary N) is 1. The van der Waals surface area contributed by atoms with Crippen molar-refractivity contribution in [2.75, 3.05) is 0 Å². The number of pyridine rings is 1. The average molecular weight is 336 g/mol. The first-order chi connectivity index (χ1) is 11.6. The molecule has 122 valence electrons. The lowest BCUT2D eigenvalue weighted by atomic mass is 10.1. The highest BCUT2D eigenvalue weighted by Gasteiger charge is 2.18. The summed E-state index contributed by atoms with van der Waals surface area (Å²) in [5.74, 6) is 0.0197. The predicted octanol–water partition coefficient (Wildman–Crippen LogP) is 4.59. The van der Waals surface area contributed by atoms with E-state index in [1.807, 2.05) is 80.6 Å². The molecule has 0 saturated heterocycles. The van der Waals surface area contributed by atoms with Crippen LogP contribution in [-0.2, 0) is 4.79 Å². The van der Waals surface area contributed by atoms with E-state index in [2.05, 4.69) is 10.3 Å². The predicted molar refractivity (Wildman–Crippen MR) is 100 cm³/mol. The number of aromatic nitrogens is 1. The average Bonchev–Trinajstić information content (AvgIpc) is 2.62. The molecule has 0 saturated carbocycles. The number of hydrogen-bond donors (Lipinski definition) is 1. The molecular weight excluding hydrogens is 316 g/mol. The van der Waals surface area contributed by atoms with Crippen molar-refractivity contribution in [1.82, 2.24) is 10.3 Å². The van der Waals surface area contributed by atoms with Gasteiger partial charge in [-0.25, -0.2) is 4.98 Å². The summed E-state index contributed by atoms with van der Waals surface area (Å²) in [5.41, 5.74) is 2.06. The van der Waals surface area contributed by atoms with Gasteiger partial charge in [-0.3, -0.25) is 4.79 Å². The minimum absolute atomic E-state index is 0.00804. The third kappa shape index (κ3) is 3.95. The molecule has 24 heavy (non-hydrogen) atoms. The standard InChI is InChI=1S/C20H20N2OS/c1-14(16-8-4-3-5-9-16)21-20(23)15(2)24-19-13-12-17-10-6-7-11-18(17)22-19/h3-15H,1-2H3,(H,21,23). The maximum atomic E-state index is 12.4. The largest absolute Gasteiger partial charge is 0.349 e. The van der Waals surface area contributed by atoms with Gasteiger partial charge in [-0.2, -0.15) is 0 Å². The monoisotopic (exact) mass is 336 g/mol. The Morgan fingerprint density at radius 2 is 1.67 bits per heavy atom. The number of hydrogen-bond acceptors (Lipinski definition) is 3. The van der Waals surface area contributed by atoms with Gasteiger partial charge in [0, 0.05) is 5.39 Å². The quantitative estimate of drug-likeness (QED) is 0.693. The first kappa shape index (κ1) is 16.5. The van der Waals surface area contributed by atoms with Gasteiger partial charge in [0.1, 0.15) is 0 Å². The number of thioether (sulfide) groups is 1. The van der Waals surface area contributed by atoms with Crippen molar-refractivity contribution >= 4 is 28.6 Å². The zero-order valence-electron chi connectivity index (χ0n) is 13.8. The molecule has 0 bridgehead atoms. The van der Waals surface area contributed by atoms with Crippen LogP contribution in [0.4, 0.5) is 0 Å². The van der Waals surface area contributed by atoms with Crippen LogP contribution in [0.5, 0.6) is 0 Å². The highest BCUT2D eigenvalue weighted by molar-refractivity contribution is 8.00. The molecule has 0 aliphatic carbocycles. The second kappa shape index (κ2) is 7.49. The van der Waals surface area contributed by atoms with E-state index in [0.717, 1.165) is 21.5 Å². The molecule has 0 aliphatic heterocycles. The lowest BCUT2D eigenvalue weighted by Crippen LogP contribution is -2.33. The van der Waals surface area contributed by atoms with Gasteiger partial charge in [0.15, 0.2) is 0 Å². The van der Waals surface area contributed by atoms with Crippen molar-refractivity contribution in [1.29, 1.82) is 0 Å². The van der Waals surface area contributed by atoms with E-state index in [-0.39, 0.29) is 17.2 Å². The molecule has 4 heteroatoms. The van der Waals surface area contributed by atoms with Crippen LogP contribution in [0.2, 0.25) is 0 Å². The van der Waals surface area contributed by atoms with Gasteiger partial charge in [-0.15, -0.1) is 0 Å². The van der Waals surface area contributed by atoms with Crippen LogP contribution < -0.4 is 5.32 Å². The van der Waals surface area contributed by atoms with Crippen LogP contribution in [0, 0.1) is 0 Å². The number of rotatable bonds is 5. The molecule has 3 nitrogen and oxygen atoms in total. The molecule has 0 aliphatic rings. The molecule has 1 heterocycles. The number of carbonyl (C=O) groups excluding carboxylic acids is 1. The summed E-state index contributed by atoms with van der Waals surface area (Å²) < 4.78 is 0.